The van der Waals surface area contributed by atoms with Crippen LogP contribution in [-0.2, 0) is 9.53 Å². The summed E-state index contributed by atoms with van der Waals surface area (Å²) in [7, 11) is 0. The van der Waals surface area contributed by atoms with E-state index in [1.54, 1.807) is 6.92 Å². The van der Waals surface area contributed by atoms with Gasteiger partial charge < -0.3 is 9.84 Å². The van der Waals surface area contributed by atoms with Gasteiger partial charge in [-0.1, -0.05) is 13.3 Å². The number of allylic oxidation sites excluding steroid dienone is 1. The molecule has 3 heteroatoms. The van der Waals surface area contributed by atoms with Crippen LogP contribution in [0.5, 0.6) is 0 Å². The Morgan fingerprint density at radius 1 is 1.58 bits per heavy atom. The van der Waals surface area contributed by atoms with Crippen molar-refractivity contribution in [2.24, 2.45) is 0 Å². The fraction of sp³-hybridized carbons (Fsp3) is 0.667. The lowest BCUT2D eigenvalue weighted by Gasteiger charge is -2.07. The molecule has 0 amide bonds. The van der Waals surface area contributed by atoms with E-state index in [0.29, 0.717) is 12.2 Å². The Bertz CT molecular complexity index is 218. The molecule has 1 rings (SSSR count). The maximum absolute atomic E-state index is 11.2. The highest BCUT2D eigenvalue weighted by Crippen LogP contribution is 2.22. The molecule has 1 aliphatic rings. The molecule has 1 heterocycles. The highest BCUT2D eigenvalue weighted by molar-refractivity contribution is 5.98. The number of Topliss-reactive ketones (excluding diaryl/α,β-unsaturated/α-hetero) is 1. The minimum atomic E-state index is -0.426. The van der Waals surface area contributed by atoms with Gasteiger partial charge in [-0.05, 0) is 19.8 Å². The molecule has 68 valence electrons. The molecule has 0 bridgehead atoms. The van der Waals surface area contributed by atoms with Gasteiger partial charge in [-0.3, -0.25) is 4.79 Å². The Morgan fingerprint density at radius 2 is 2.25 bits per heavy atom. The van der Waals surface area contributed by atoms with Crippen LogP contribution in [0, 0.1) is 0 Å². The van der Waals surface area contributed by atoms with Crippen LogP contribution in [0.25, 0.3) is 0 Å². The zero-order chi connectivity index (χ0) is 9.14. The van der Waals surface area contributed by atoms with Crippen molar-refractivity contribution >= 4 is 5.78 Å². The second-order valence-corrected chi connectivity index (χ2v) is 3.02. The lowest BCUT2D eigenvalue weighted by Crippen LogP contribution is -2.17. The molecule has 0 aliphatic carbocycles. The van der Waals surface area contributed by atoms with Gasteiger partial charge in [0.05, 0.1) is 0 Å². The molecule has 0 radical (unpaired) electrons. The Balaban J connectivity index is 2.49. The normalized spacial score (nSPS) is 23.2. The van der Waals surface area contributed by atoms with Gasteiger partial charge in [-0.15, -0.1) is 0 Å². The van der Waals surface area contributed by atoms with Crippen molar-refractivity contribution in [1.82, 2.24) is 0 Å². The number of ketones is 1. The number of aliphatic hydroxyl groups is 1. The van der Waals surface area contributed by atoms with E-state index in [0.717, 1.165) is 12.8 Å². The number of hydrogen-bond donors (Lipinski definition) is 1. The summed E-state index contributed by atoms with van der Waals surface area (Å²) in [5, 5.41) is 9.14. The number of aliphatic hydroxyl groups excluding tert-OH is 1. The Hall–Kier alpha value is -0.990. The Kier molecular flexibility index (Phi) is 2.74. The van der Waals surface area contributed by atoms with Crippen molar-refractivity contribution in [3.63, 3.8) is 0 Å². The molecule has 12 heavy (non-hydrogen) atoms. The summed E-state index contributed by atoms with van der Waals surface area (Å²) in [5.74, 6) is -0.0989. The number of ether oxygens (including phenoxy) is 1. The number of carbonyl (C=O) groups excluding carboxylic acids is 1. The lowest BCUT2D eigenvalue weighted by molar-refractivity contribution is -0.123. The first kappa shape index (κ1) is 9.10. The van der Waals surface area contributed by atoms with Gasteiger partial charge >= 0.3 is 0 Å². The molecule has 3 nitrogen and oxygen atoms in total. The summed E-state index contributed by atoms with van der Waals surface area (Å²) in [6.45, 7) is 3.67. The molecule has 1 unspecified atom stereocenters. The smallest absolute Gasteiger partial charge is 0.240 e. The van der Waals surface area contributed by atoms with Gasteiger partial charge in [-0.2, -0.15) is 0 Å². The van der Waals surface area contributed by atoms with Gasteiger partial charge in [0.15, 0.2) is 6.10 Å². The van der Waals surface area contributed by atoms with Gasteiger partial charge in [0.2, 0.25) is 11.5 Å². The fourth-order valence-corrected chi connectivity index (χ4v) is 1.23. The Labute approximate surface area is 72.0 Å². The summed E-state index contributed by atoms with van der Waals surface area (Å²) in [6, 6.07) is 0. The highest BCUT2D eigenvalue weighted by Gasteiger charge is 2.32. The molecule has 0 aromatic heterocycles. The highest BCUT2D eigenvalue weighted by atomic mass is 16.5. The summed E-state index contributed by atoms with van der Waals surface area (Å²) in [4.78, 5) is 11.2. The first-order valence-corrected chi connectivity index (χ1v) is 4.27. The summed E-state index contributed by atoms with van der Waals surface area (Å²) < 4.78 is 5.17. The molecule has 0 aromatic carbocycles. The first-order valence-electron chi connectivity index (χ1n) is 4.27. The van der Waals surface area contributed by atoms with Crippen LogP contribution in [0.15, 0.2) is 11.5 Å². The van der Waals surface area contributed by atoms with E-state index >= 15 is 0 Å². The molecular weight excluding hydrogens is 156 g/mol. The average Bonchev–Trinajstić information content (AvgIpc) is 2.30. The van der Waals surface area contributed by atoms with Gasteiger partial charge in [0, 0.05) is 0 Å². The third-order valence-electron chi connectivity index (χ3n) is 2.00. The van der Waals surface area contributed by atoms with Crippen LogP contribution in [0.4, 0.5) is 0 Å². The van der Waals surface area contributed by atoms with Crippen LogP contribution in [0.3, 0.4) is 0 Å². The maximum atomic E-state index is 11.2. The van der Waals surface area contributed by atoms with E-state index in [1.807, 2.05) is 0 Å². The molecule has 0 aromatic rings. The molecular formula is C9H14O3. The second kappa shape index (κ2) is 3.61. The average molecular weight is 170 g/mol. The van der Waals surface area contributed by atoms with Crippen molar-refractivity contribution in [1.29, 1.82) is 0 Å². The van der Waals surface area contributed by atoms with E-state index < -0.39 is 6.10 Å². The van der Waals surface area contributed by atoms with Crippen LogP contribution in [-0.4, -0.2) is 17.0 Å². The van der Waals surface area contributed by atoms with Crippen molar-refractivity contribution < 1.29 is 14.6 Å². The lowest BCUT2D eigenvalue weighted by atomic mass is 10.1. The maximum Gasteiger partial charge on any atom is 0.240 e. The molecule has 1 N–H and O–H groups in total. The third-order valence-corrected chi connectivity index (χ3v) is 2.00. The molecule has 0 saturated carbocycles. The van der Waals surface area contributed by atoms with Crippen LogP contribution in [0.1, 0.15) is 33.1 Å². The number of hydrogen-bond acceptors (Lipinski definition) is 3. The third kappa shape index (κ3) is 1.60. The zero-order valence-electron chi connectivity index (χ0n) is 7.46. The van der Waals surface area contributed by atoms with Crippen molar-refractivity contribution in [2.45, 2.75) is 39.2 Å². The minimum absolute atomic E-state index is 0.198. The van der Waals surface area contributed by atoms with E-state index in [2.05, 4.69) is 6.92 Å². The van der Waals surface area contributed by atoms with E-state index in [9.17, 15) is 4.79 Å². The summed E-state index contributed by atoms with van der Waals surface area (Å²) in [5.41, 5.74) is 0. The van der Waals surface area contributed by atoms with Gasteiger partial charge in [0.25, 0.3) is 0 Å². The Morgan fingerprint density at radius 3 is 2.67 bits per heavy atom. The molecule has 0 spiro atoms. The SMILES string of the molecule is CCCCC1OC(C)=C(O)C1=O. The monoisotopic (exact) mass is 170 g/mol. The number of rotatable bonds is 3. The van der Waals surface area contributed by atoms with Gasteiger partial charge in [0.1, 0.15) is 5.76 Å². The van der Waals surface area contributed by atoms with Crippen LogP contribution in [0.2, 0.25) is 0 Å². The predicted molar refractivity (Wildman–Crippen MR) is 44.7 cm³/mol. The fourth-order valence-electron chi connectivity index (χ4n) is 1.23. The zero-order valence-corrected chi connectivity index (χ0v) is 7.46. The molecule has 1 aliphatic heterocycles. The van der Waals surface area contributed by atoms with Crippen LogP contribution >= 0.6 is 0 Å². The first-order chi connectivity index (χ1) is 5.66. The van der Waals surface area contributed by atoms with E-state index in [4.69, 9.17) is 9.84 Å². The largest absolute Gasteiger partial charge is 0.502 e. The van der Waals surface area contributed by atoms with Crippen molar-refractivity contribution in [3.8, 4) is 0 Å². The summed E-state index contributed by atoms with van der Waals surface area (Å²) >= 11 is 0. The number of carbonyl (C=O) groups is 1. The number of unbranched alkanes of at least 4 members (excludes halogenated alkanes) is 1. The molecule has 0 fully saturated rings. The minimum Gasteiger partial charge on any atom is -0.502 e. The van der Waals surface area contributed by atoms with E-state index in [1.165, 1.54) is 0 Å². The second-order valence-electron chi connectivity index (χ2n) is 3.02. The van der Waals surface area contributed by atoms with Crippen LogP contribution < -0.4 is 0 Å². The van der Waals surface area contributed by atoms with Crippen molar-refractivity contribution in [2.75, 3.05) is 0 Å². The van der Waals surface area contributed by atoms with Crippen molar-refractivity contribution in [3.05, 3.63) is 11.5 Å². The summed E-state index contributed by atoms with van der Waals surface area (Å²) in [6.07, 6.45) is 2.27. The topological polar surface area (TPSA) is 46.5 Å². The molecule has 0 saturated heterocycles. The van der Waals surface area contributed by atoms with E-state index in [-0.39, 0.29) is 11.5 Å². The van der Waals surface area contributed by atoms with Gasteiger partial charge in [-0.25, -0.2) is 0 Å². The molecule has 1 atom stereocenters. The quantitative estimate of drug-likeness (QED) is 0.704. The standard InChI is InChI=1S/C9H14O3/c1-3-4-5-7-9(11)8(10)6(2)12-7/h7,10H,3-5H2,1-2H3. The predicted octanol–water partition coefficient (Wildman–Crippen LogP) is 1.93.